The first kappa shape index (κ1) is 23.4. The molecular formula is C25H31N3O4S. The maximum atomic E-state index is 13.2. The minimum Gasteiger partial charge on any atom is -0.465 e. The number of sulfone groups is 1. The van der Waals surface area contributed by atoms with Gasteiger partial charge in [0.2, 0.25) is 9.84 Å². The lowest BCUT2D eigenvalue weighted by molar-refractivity contribution is 0.0600. The first-order chi connectivity index (χ1) is 15.6. The summed E-state index contributed by atoms with van der Waals surface area (Å²) < 4.78 is 33.4. The molecule has 4 rings (SSSR count). The van der Waals surface area contributed by atoms with E-state index < -0.39 is 15.8 Å². The number of carbonyl (C=O) groups excluding carboxylic acids is 1. The van der Waals surface area contributed by atoms with Crippen LogP contribution < -0.4 is 0 Å². The summed E-state index contributed by atoms with van der Waals surface area (Å²) in [7, 11) is -2.59. The summed E-state index contributed by atoms with van der Waals surface area (Å²) in [6, 6.07) is 7.84. The fourth-order valence-corrected chi connectivity index (χ4v) is 5.75. The molecule has 7 nitrogen and oxygen atoms in total. The van der Waals surface area contributed by atoms with Crippen LogP contribution >= 0.6 is 0 Å². The molecule has 1 aromatic carbocycles. The molecule has 1 aliphatic rings. The van der Waals surface area contributed by atoms with Gasteiger partial charge in [0.1, 0.15) is 5.82 Å². The number of ether oxygens (including phenoxy) is 1. The number of rotatable bonds is 5. The maximum Gasteiger partial charge on any atom is 0.339 e. The van der Waals surface area contributed by atoms with E-state index in [1.807, 2.05) is 6.07 Å². The van der Waals surface area contributed by atoms with Crippen LogP contribution in [-0.2, 0) is 26.5 Å². The summed E-state index contributed by atoms with van der Waals surface area (Å²) in [4.78, 5) is 20.6. The predicted molar refractivity (Wildman–Crippen MR) is 126 cm³/mol. The van der Waals surface area contributed by atoms with Gasteiger partial charge in [0.15, 0.2) is 5.03 Å². The Balaban J connectivity index is 1.73. The largest absolute Gasteiger partial charge is 0.465 e. The zero-order valence-electron chi connectivity index (χ0n) is 19.7. The molecule has 1 saturated carbocycles. The average Bonchev–Trinajstić information content (AvgIpc) is 3.17. The van der Waals surface area contributed by atoms with Crippen molar-refractivity contribution in [1.29, 1.82) is 0 Å². The van der Waals surface area contributed by atoms with Crippen molar-refractivity contribution in [3.8, 4) is 0 Å². The van der Waals surface area contributed by atoms with Crippen LogP contribution in [-0.4, -0.2) is 36.0 Å². The number of pyridine rings is 1. The molecule has 3 aromatic rings. The Hall–Kier alpha value is -2.74. The fourth-order valence-electron chi connectivity index (χ4n) is 4.56. The van der Waals surface area contributed by atoms with Crippen LogP contribution in [0.2, 0.25) is 0 Å². The predicted octanol–water partition coefficient (Wildman–Crippen LogP) is 4.93. The molecular weight excluding hydrogens is 438 g/mol. The van der Waals surface area contributed by atoms with E-state index in [9.17, 15) is 13.2 Å². The van der Waals surface area contributed by atoms with E-state index in [4.69, 9.17) is 4.98 Å². The molecule has 0 amide bonds. The molecule has 0 bridgehead atoms. The van der Waals surface area contributed by atoms with E-state index in [1.165, 1.54) is 57.5 Å². The molecule has 1 fully saturated rings. The highest BCUT2D eigenvalue weighted by atomic mass is 32.2. The molecule has 33 heavy (non-hydrogen) atoms. The first-order valence-corrected chi connectivity index (χ1v) is 12.9. The Kier molecular flexibility index (Phi) is 6.31. The second kappa shape index (κ2) is 8.89. The Morgan fingerprint density at radius 3 is 2.45 bits per heavy atom. The highest BCUT2D eigenvalue weighted by molar-refractivity contribution is 7.91. The van der Waals surface area contributed by atoms with Crippen molar-refractivity contribution < 1.29 is 17.9 Å². The zero-order valence-corrected chi connectivity index (χ0v) is 20.5. The van der Waals surface area contributed by atoms with Crippen LogP contribution in [0, 0.1) is 5.92 Å². The van der Waals surface area contributed by atoms with Gasteiger partial charge in [0, 0.05) is 18.2 Å². The molecule has 8 heteroatoms. The quantitative estimate of drug-likeness (QED) is 0.492. The van der Waals surface area contributed by atoms with Crippen molar-refractivity contribution >= 4 is 26.8 Å². The van der Waals surface area contributed by atoms with Crippen LogP contribution in [0.15, 0.2) is 46.5 Å². The third-order valence-corrected chi connectivity index (χ3v) is 7.97. The Labute approximate surface area is 195 Å². The zero-order chi connectivity index (χ0) is 23.8. The van der Waals surface area contributed by atoms with Crippen molar-refractivity contribution in [3.05, 3.63) is 47.9 Å². The molecule has 1 aliphatic carbocycles. The van der Waals surface area contributed by atoms with Crippen molar-refractivity contribution in [2.45, 2.75) is 74.8 Å². The number of aromatic nitrogens is 3. The van der Waals surface area contributed by atoms with E-state index in [-0.39, 0.29) is 20.9 Å². The normalized spacial score (nSPS) is 15.6. The van der Waals surface area contributed by atoms with Crippen LogP contribution in [0.25, 0.3) is 11.0 Å². The lowest BCUT2D eigenvalue weighted by Crippen LogP contribution is -2.22. The van der Waals surface area contributed by atoms with Crippen LogP contribution in [0.5, 0.6) is 0 Å². The molecule has 0 aliphatic heterocycles. The van der Waals surface area contributed by atoms with Gasteiger partial charge in [-0.2, -0.15) is 0 Å². The summed E-state index contributed by atoms with van der Waals surface area (Å²) >= 11 is 0. The van der Waals surface area contributed by atoms with Crippen LogP contribution in [0.3, 0.4) is 0 Å². The summed E-state index contributed by atoms with van der Waals surface area (Å²) in [6.45, 7) is 7.31. The lowest BCUT2D eigenvalue weighted by Gasteiger charge is -2.26. The number of carbonyl (C=O) groups is 1. The van der Waals surface area contributed by atoms with Crippen molar-refractivity contribution in [2.75, 3.05) is 7.11 Å². The summed E-state index contributed by atoms with van der Waals surface area (Å²) in [5.74, 6) is 1.03. The Morgan fingerprint density at radius 1 is 1.12 bits per heavy atom. The second-order valence-corrected chi connectivity index (χ2v) is 11.7. The number of hydrogen-bond acceptors (Lipinski definition) is 6. The van der Waals surface area contributed by atoms with Crippen molar-refractivity contribution in [3.63, 3.8) is 0 Å². The molecule has 0 unspecified atom stereocenters. The van der Waals surface area contributed by atoms with E-state index in [0.717, 1.165) is 17.9 Å². The van der Waals surface area contributed by atoms with Crippen LogP contribution in [0.4, 0.5) is 0 Å². The molecule has 176 valence electrons. The molecule has 0 saturated heterocycles. The number of methoxy groups -OCH3 is 1. The highest BCUT2D eigenvalue weighted by Gasteiger charge is 2.27. The third kappa shape index (κ3) is 4.67. The fraction of sp³-hybridized carbons (Fsp3) is 0.480. The summed E-state index contributed by atoms with van der Waals surface area (Å²) in [5.41, 5.74) is 1.66. The summed E-state index contributed by atoms with van der Waals surface area (Å²) in [5, 5.41) is -0.118. The van der Waals surface area contributed by atoms with Crippen LogP contribution in [0.1, 0.15) is 69.1 Å². The van der Waals surface area contributed by atoms with Gasteiger partial charge in [-0.25, -0.2) is 23.2 Å². The van der Waals surface area contributed by atoms with Gasteiger partial charge in [-0.1, -0.05) is 40.0 Å². The van der Waals surface area contributed by atoms with Gasteiger partial charge in [-0.05, 0) is 49.1 Å². The minimum absolute atomic E-state index is 0.118. The summed E-state index contributed by atoms with van der Waals surface area (Å²) in [6.07, 6.45) is 7.52. The topological polar surface area (TPSA) is 91.2 Å². The Morgan fingerprint density at radius 2 is 1.85 bits per heavy atom. The average molecular weight is 470 g/mol. The van der Waals surface area contributed by atoms with E-state index in [0.29, 0.717) is 11.4 Å². The maximum absolute atomic E-state index is 13.2. The number of nitrogens with zero attached hydrogens (tertiary/aromatic N) is 3. The van der Waals surface area contributed by atoms with E-state index in [1.54, 1.807) is 12.1 Å². The number of hydrogen-bond donors (Lipinski definition) is 0. The van der Waals surface area contributed by atoms with E-state index in [2.05, 4.69) is 35.1 Å². The third-order valence-electron chi connectivity index (χ3n) is 6.30. The van der Waals surface area contributed by atoms with Gasteiger partial charge in [0.05, 0.1) is 28.6 Å². The van der Waals surface area contributed by atoms with Gasteiger partial charge in [-0.15, -0.1) is 0 Å². The molecule has 2 aromatic heterocycles. The molecule has 0 spiro atoms. The lowest BCUT2D eigenvalue weighted by atomic mass is 9.88. The second-order valence-electron chi connectivity index (χ2n) is 9.83. The number of imidazole rings is 1. The number of esters is 1. The Bertz CT molecular complexity index is 1270. The van der Waals surface area contributed by atoms with Gasteiger partial charge in [-0.3, -0.25) is 0 Å². The molecule has 0 atom stereocenters. The smallest absolute Gasteiger partial charge is 0.339 e. The van der Waals surface area contributed by atoms with Crippen molar-refractivity contribution in [1.82, 2.24) is 14.5 Å². The number of fused-ring (bicyclic) bond motifs is 1. The molecule has 0 N–H and O–H groups in total. The molecule has 2 heterocycles. The van der Waals surface area contributed by atoms with Gasteiger partial charge < -0.3 is 9.30 Å². The standard InChI is InChI=1S/C25H31N3O4S/c1-25(2,3)24-27-20-14-19(11-12-21(20)28(24)16-17-8-6-5-7-9-17)33(30,31)22-13-10-18(15-26-22)23(29)32-4/h10-15,17H,5-9,16H2,1-4H3. The van der Waals surface area contributed by atoms with Crippen molar-refractivity contribution in [2.24, 2.45) is 5.92 Å². The van der Waals surface area contributed by atoms with Gasteiger partial charge >= 0.3 is 5.97 Å². The highest BCUT2D eigenvalue weighted by Crippen LogP contribution is 2.32. The molecule has 0 radical (unpaired) electrons. The van der Waals surface area contributed by atoms with E-state index >= 15 is 0 Å². The monoisotopic (exact) mass is 469 g/mol. The van der Waals surface area contributed by atoms with Gasteiger partial charge in [0.25, 0.3) is 0 Å². The first-order valence-electron chi connectivity index (χ1n) is 11.4. The minimum atomic E-state index is -3.86. The SMILES string of the molecule is COC(=O)c1ccc(S(=O)(=O)c2ccc3c(c2)nc(C(C)(C)C)n3CC2CCCCC2)nc1. The number of benzene rings is 1.